The van der Waals surface area contributed by atoms with Crippen molar-refractivity contribution in [1.82, 2.24) is 24.7 Å². The number of H-pyrrole nitrogens is 1. The maximum atomic E-state index is 13.0. The number of para-hydroxylation sites is 1. The molecule has 0 saturated carbocycles. The van der Waals surface area contributed by atoms with Gasteiger partial charge in [0.1, 0.15) is 16.4 Å². The summed E-state index contributed by atoms with van der Waals surface area (Å²) >= 11 is 3.23. The highest BCUT2D eigenvalue weighted by Crippen LogP contribution is 2.38. The molecular formula is C24H27N5O2S2. The average molecular weight is 482 g/mol. The molecule has 3 aromatic heterocycles. The first-order valence-electron chi connectivity index (χ1n) is 11.3. The predicted molar refractivity (Wildman–Crippen MR) is 133 cm³/mol. The van der Waals surface area contributed by atoms with Crippen LogP contribution in [-0.2, 0) is 19.4 Å². The molecule has 4 aromatic rings. The summed E-state index contributed by atoms with van der Waals surface area (Å²) in [7, 11) is 1.66. The maximum absolute atomic E-state index is 13.0. The van der Waals surface area contributed by atoms with Crippen LogP contribution in [0.25, 0.3) is 21.6 Å². The molecule has 1 aliphatic rings. The summed E-state index contributed by atoms with van der Waals surface area (Å²) in [5, 5.41) is 10.4. The lowest BCUT2D eigenvalue weighted by atomic mass is 9.89. The lowest BCUT2D eigenvalue weighted by molar-refractivity contribution is 0.416. The molecule has 0 unspecified atom stereocenters. The lowest BCUT2D eigenvalue weighted by Crippen LogP contribution is -2.15. The summed E-state index contributed by atoms with van der Waals surface area (Å²) in [5.74, 6) is 2.86. The minimum absolute atomic E-state index is 0.0267. The van der Waals surface area contributed by atoms with Crippen molar-refractivity contribution in [3.63, 3.8) is 0 Å². The monoisotopic (exact) mass is 481 g/mol. The van der Waals surface area contributed by atoms with E-state index in [9.17, 15) is 4.79 Å². The van der Waals surface area contributed by atoms with Crippen LogP contribution < -0.4 is 10.3 Å². The van der Waals surface area contributed by atoms with Crippen LogP contribution in [0.15, 0.2) is 34.2 Å². The van der Waals surface area contributed by atoms with Gasteiger partial charge in [-0.1, -0.05) is 30.8 Å². The van der Waals surface area contributed by atoms with E-state index in [1.165, 1.54) is 10.4 Å². The largest absolute Gasteiger partial charge is 0.496 e. The minimum Gasteiger partial charge on any atom is -0.496 e. The number of aryl methyl sites for hydroxylation is 1. The van der Waals surface area contributed by atoms with Crippen molar-refractivity contribution in [1.29, 1.82) is 0 Å². The number of nitrogens with zero attached hydrogens (tertiary/aromatic N) is 4. The highest BCUT2D eigenvalue weighted by atomic mass is 32.2. The molecule has 33 heavy (non-hydrogen) atoms. The number of hydrogen-bond donors (Lipinski definition) is 1. The molecule has 0 spiro atoms. The number of fused-ring (bicyclic) bond motifs is 3. The van der Waals surface area contributed by atoms with Crippen LogP contribution in [0.1, 0.15) is 48.7 Å². The molecule has 2 atom stereocenters. The van der Waals surface area contributed by atoms with E-state index in [0.29, 0.717) is 18.3 Å². The van der Waals surface area contributed by atoms with Gasteiger partial charge in [-0.2, -0.15) is 0 Å². The molecule has 0 radical (unpaired) electrons. The van der Waals surface area contributed by atoms with Gasteiger partial charge in [0, 0.05) is 11.4 Å². The molecule has 1 aromatic carbocycles. The second kappa shape index (κ2) is 8.95. The predicted octanol–water partition coefficient (Wildman–Crippen LogP) is 5.25. The number of aromatic amines is 1. The Labute approximate surface area is 200 Å². The fraction of sp³-hybridized carbons (Fsp3) is 0.417. The molecule has 1 N–H and O–H groups in total. The van der Waals surface area contributed by atoms with Crippen molar-refractivity contribution in [2.24, 2.45) is 5.92 Å². The fourth-order valence-electron chi connectivity index (χ4n) is 4.46. The van der Waals surface area contributed by atoms with Gasteiger partial charge < -0.3 is 14.3 Å². The Hall–Kier alpha value is -2.65. The van der Waals surface area contributed by atoms with Gasteiger partial charge in [-0.05, 0) is 56.7 Å². The van der Waals surface area contributed by atoms with E-state index in [0.717, 1.165) is 51.8 Å². The second-order valence-corrected chi connectivity index (χ2v) is 10.9. The number of hydrogen-bond acceptors (Lipinski definition) is 7. The number of aromatic nitrogens is 5. The summed E-state index contributed by atoms with van der Waals surface area (Å²) in [4.78, 5) is 23.1. The van der Waals surface area contributed by atoms with Gasteiger partial charge in [0.2, 0.25) is 0 Å². The lowest BCUT2D eigenvalue weighted by Gasteiger charge is -2.17. The maximum Gasteiger partial charge on any atom is 0.259 e. The second-order valence-electron chi connectivity index (χ2n) is 8.49. The zero-order valence-corrected chi connectivity index (χ0v) is 20.8. The zero-order valence-electron chi connectivity index (χ0n) is 19.2. The van der Waals surface area contributed by atoms with Crippen LogP contribution in [0.2, 0.25) is 0 Å². The topological polar surface area (TPSA) is 85.7 Å². The van der Waals surface area contributed by atoms with Gasteiger partial charge in [0.25, 0.3) is 5.56 Å². The number of benzene rings is 1. The van der Waals surface area contributed by atoms with Crippen LogP contribution in [0.4, 0.5) is 0 Å². The first kappa shape index (κ1) is 22.2. The van der Waals surface area contributed by atoms with Gasteiger partial charge in [-0.25, -0.2) is 4.98 Å². The standard InChI is InChI=1S/C24H27N5O2S2/c1-5-29-21(15-8-6-7-9-17(15)31-4)27-28-24(29)32-14(3)20-25-22(30)19-16-11-10-13(2)12-18(16)33-23(19)26-20/h6-9,13-14H,5,10-12H2,1-4H3,(H,25,26,30)/t13-,14+/m1/s1. The third-order valence-electron chi connectivity index (χ3n) is 6.23. The number of methoxy groups -OCH3 is 1. The average Bonchev–Trinajstić information content (AvgIpc) is 3.39. The van der Waals surface area contributed by atoms with Crippen molar-refractivity contribution in [3.8, 4) is 17.1 Å². The van der Waals surface area contributed by atoms with E-state index in [2.05, 4.69) is 33.6 Å². The molecule has 7 nitrogen and oxygen atoms in total. The smallest absolute Gasteiger partial charge is 0.259 e. The van der Waals surface area contributed by atoms with Crippen molar-refractivity contribution in [2.45, 2.75) is 57.0 Å². The number of nitrogens with one attached hydrogen (secondary N) is 1. The SMILES string of the molecule is CCn1c(S[C@@H](C)c2nc3sc4c(c3c(=O)[nH]2)CC[C@@H](C)C4)nnc1-c1ccccc1OC. The first-order valence-corrected chi connectivity index (χ1v) is 13.0. The highest BCUT2D eigenvalue weighted by Gasteiger charge is 2.25. The van der Waals surface area contributed by atoms with E-state index in [4.69, 9.17) is 9.72 Å². The zero-order chi connectivity index (χ0) is 23.1. The number of rotatable bonds is 6. The number of thiophene rings is 1. The van der Waals surface area contributed by atoms with Crippen LogP contribution in [0.3, 0.4) is 0 Å². The Morgan fingerprint density at radius 3 is 2.94 bits per heavy atom. The minimum atomic E-state index is -0.0832. The van der Waals surface area contributed by atoms with Gasteiger partial charge in [-0.15, -0.1) is 21.5 Å². The van der Waals surface area contributed by atoms with Gasteiger partial charge in [0.15, 0.2) is 11.0 Å². The Morgan fingerprint density at radius 2 is 2.15 bits per heavy atom. The molecule has 1 aliphatic carbocycles. The van der Waals surface area contributed by atoms with Gasteiger partial charge >= 0.3 is 0 Å². The molecule has 3 heterocycles. The summed E-state index contributed by atoms with van der Waals surface area (Å²) in [6.45, 7) is 7.11. The van der Waals surface area contributed by atoms with Crippen LogP contribution in [0.5, 0.6) is 5.75 Å². The van der Waals surface area contributed by atoms with E-state index in [1.54, 1.807) is 30.2 Å². The third kappa shape index (κ3) is 3.97. The van der Waals surface area contributed by atoms with Crippen molar-refractivity contribution >= 4 is 33.3 Å². The molecule has 0 saturated heterocycles. The van der Waals surface area contributed by atoms with Gasteiger partial charge in [0.05, 0.1) is 23.3 Å². The summed E-state index contributed by atoms with van der Waals surface area (Å²) in [6, 6.07) is 7.81. The molecule has 0 amide bonds. The highest BCUT2D eigenvalue weighted by molar-refractivity contribution is 7.99. The molecule has 172 valence electrons. The Morgan fingerprint density at radius 1 is 1.33 bits per heavy atom. The van der Waals surface area contributed by atoms with Crippen molar-refractivity contribution in [3.05, 3.63) is 50.9 Å². The summed E-state index contributed by atoms with van der Waals surface area (Å²) in [5.41, 5.74) is 2.09. The fourth-order valence-corrected chi connectivity index (χ4v) is 6.82. The molecule has 9 heteroatoms. The van der Waals surface area contributed by atoms with Crippen molar-refractivity contribution < 1.29 is 4.74 Å². The van der Waals surface area contributed by atoms with Gasteiger partial charge in [-0.3, -0.25) is 4.79 Å². The molecule has 5 rings (SSSR count). The molecule has 0 bridgehead atoms. The Bertz CT molecular complexity index is 1370. The molecule has 0 fully saturated rings. The molecule has 0 aliphatic heterocycles. The Kier molecular flexibility index (Phi) is 6.01. The Balaban J connectivity index is 1.47. The van der Waals surface area contributed by atoms with Crippen LogP contribution >= 0.6 is 23.1 Å². The van der Waals surface area contributed by atoms with Crippen LogP contribution in [0, 0.1) is 5.92 Å². The number of ether oxygens (including phenoxy) is 1. The summed E-state index contributed by atoms with van der Waals surface area (Å²) in [6.07, 6.45) is 3.14. The van der Waals surface area contributed by atoms with Crippen molar-refractivity contribution in [2.75, 3.05) is 7.11 Å². The van der Waals surface area contributed by atoms with Crippen LogP contribution in [-0.4, -0.2) is 31.8 Å². The third-order valence-corrected chi connectivity index (χ3v) is 8.47. The first-order chi connectivity index (χ1) is 16.0. The summed E-state index contributed by atoms with van der Waals surface area (Å²) < 4.78 is 7.59. The normalized spacial score (nSPS) is 16.7. The van der Waals surface area contributed by atoms with E-state index in [1.807, 2.05) is 31.2 Å². The van der Waals surface area contributed by atoms with E-state index in [-0.39, 0.29) is 10.8 Å². The van der Waals surface area contributed by atoms with E-state index < -0.39 is 0 Å². The van der Waals surface area contributed by atoms with E-state index >= 15 is 0 Å². The number of thioether (sulfide) groups is 1. The molecular weight excluding hydrogens is 454 g/mol. The quantitative estimate of drug-likeness (QED) is 0.379.